The maximum Gasteiger partial charge on any atom is 0.0708 e. The molecule has 9 aromatic carbocycles. The number of rotatable bonds is 9. The Kier molecular flexibility index (Phi) is 10.1. The van der Waals surface area contributed by atoms with Crippen molar-refractivity contribution in [2.75, 3.05) is 0 Å². The zero-order chi connectivity index (χ0) is 40.1. The molecular weight excluding hydrogens is 723 g/mol. The van der Waals surface area contributed by atoms with Crippen molar-refractivity contribution in [3.05, 3.63) is 249 Å². The Morgan fingerprint density at radius 1 is 0.183 bits per heavy atom. The van der Waals surface area contributed by atoms with Crippen molar-refractivity contribution in [2.24, 2.45) is 0 Å². The second-order valence-corrected chi connectivity index (χ2v) is 15.1. The van der Waals surface area contributed by atoms with Gasteiger partial charge in [0.05, 0.1) is 5.69 Å². The van der Waals surface area contributed by atoms with Crippen LogP contribution in [0.25, 0.3) is 100 Å². The third-order valence-electron chi connectivity index (χ3n) is 11.4. The van der Waals surface area contributed by atoms with Gasteiger partial charge in [0.25, 0.3) is 0 Å². The summed E-state index contributed by atoms with van der Waals surface area (Å²) in [6.07, 6.45) is 1.91. The van der Waals surface area contributed by atoms with Crippen molar-refractivity contribution < 1.29 is 0 Å². The third kappa shape index (κ3) is 7.49. The van der Waals surface area contributed by atoms with Crippen LogP contribution in [-0.2, 0) is 0 Å². The van der Waals surface area contributed by atoms with E-state index in [0.717, 1.165) is 22.4 Å². The number of aromatic nitrogens is 1. The summed E-state index contributed by atoms with van der Waals surface area (Å²) in [7, 11) is 0. The van der Waals surface area contributed by atoms with Crippen LogP contribution in [0.5, 0.6) is 0 Å². The monoisotopic (exact) mass is 763 g/mol. The molecule has 1 nitrogen and oxygen atoms in total. The number of hydrogen-bond donors (Lipinski definition) is 0. The van der Waals surface area contributed by atoms with Gasteiger partial charge in [0.2, 0.25) is 0 Å². The number of nitrogens with zero attached hydrogens (tertiary/aromatic N) is 1. The predicted molar refractivity (Wildman–Crippen MR) is 253 cm³/mol. The average molecular weight is 764 g/mol. The molecule has 0 aliphatic heterocycles. The Morgan fingerprint density at radius 3 is 0.883 bits per heavy atom. The molecule has 10 rings (SSSR count). The molecule has 0 fully saturated rings. The van der Waals surface area contributed by atoms with Crippen LogP contribution in [0.1, 0.15) is 0 Å². The minimum Gasteiger partial charge on any atom is -0.256 e. The molecular formula is C59H41N. The lowest BCUT2D eigenvalue weighted by Crippen LogP contribution is -1.92. The fourth-order valence-corrected chi connectivity index (χ4v) is 8.36. The van der Waals surface area contributed by atoms with Gasteiger partial charge in [-0.3, -0.25) is 4.98 Å². The van der Waals surface area contributed by atoms with Crippen molar-refractivity contribution in [2.45, 2.75) is 0 Å². The van der Waals surface area contributed by atoms with Crippen LogP contribution in [-0.4, -0.2) is 4.98 Å². The summed E-state index contributed by atoms with van der Waals surface area (Å²) in [4.78, 5) is 4.80. The van der Waals surface area contributed by atoms with E-state index in [-0.39, 0.29) is 0 Å². The Morgan fingerprint density at radius 2 is 0.467 bits per heavy atom. The molecule has 0 aliphatic carbocycles. The van der Waals surface area contributed by atoms with Crippen molar-refractivity contribution in [1.82, 2.24) is 4.98 Å². The highest BCUT2D eigenvalue weighted by molar-refractivity contribution is 5.94. The fourth-order valence-electron chi connectivity index (χ4n) is 8.36. The van der Waals surface area contributed by atoms with Gasteiger partial charge in [0, 0.05) is 11.8 Å². The third-order valence-corrected chi connectivity index (χ3v) is 11.4. The highest BCUT2D eigenvalue weighted by Gasteiger charge is 2.16. The highest BCUT2D eigenvalue weighted by atomic mass is 14.7. The molecule has 0 atom stereocenters. The zero-order valence-electron chi connectivity index (χ0n) is 33.1. The largest absolute Gasteiger partial charge is 0.256 e. The van der Waals surface area contributed by atoms with Gasteiger partial charge in [-0.05, 0) is 119 Å². The first kappa shape index (κ1) is 36.5. The molecule has 0 radical (unpaired) electrons. The molecule has 0 bridgehead atoms. The lowest BCUT2D eigenvalue weighted by atomic mass is 9.86. The zero-order valence-corrected chi connectivity index (χ0v) is 33.1. The standard InChI is InChI=1S/C59H41N/c1-4-16-42(17-5-1)43-28-30-44(31-29-43)49-36-37-60-59(41-49)48-34-32-47(33-35-48)55-24-12-15-27-58(55)52-39-50(56-25-13-10-22-53(56)45-18-6-2-7-19-45)38-51(40-52)57-26-14-11-23-54(57)46-20-8-3-9-21-46/h1-41H. The lowest BCUT2D eigenvalue weighted by Gasteiger charge is -2.18. The maximum absolute atomic E-state index is 4.80. The molecule has 1 aromatic heterocycles. The molecule has 10 aromatic rings. The SMILES string of the molecule is c1ccc(-c2ccc(-c3ccnc(-c4ccc(-c5ccccc5-c5cc(-c6ccccc6-c6ccccc6)cc(-c6ccccc6-c6ccccc6)c5)cc4)c3)cc2)cc1. The summed E-state index contributed by atoms with van der Waals surface area (Å²) < 4.78 is 0. The van der Waals surface area contributed by atoms with E-state index in [1.807, 2.05) is 6.20 Å². The second kappa shape index (κ2) is 16.5. The van der Waals surface area contributed by atoms with Gasteiger partial charge in [-0.2, -0.15) is 0 Å². The van der Waals surface area contributed by atoms with E-state index >= 15 is 0 Å². The Bertz CT molecular complexity index is 2940. The van der Waals surface area contributed by atoms with Crippen LogP contribution in [0.2, 0.25) is 0 Å². The van der Waals surface area contributed by atoms with E-state index in [9.17, 15) is 0 Å². The van der Waals surface area contributed by atoms with Crippen LogP contribution in [0.3, 0.4) is 0 Å². The number of pyridine rings is 1. The van der Waals surface area contributed by atoms with Gasteiger partial charge in [-0.1, -0.05) is 212 Å². The Labute approximate surface area is 352 Å². The fraction of sp³-hybridized carbons (Fsp3) is 0. The first-order valence-corrected chi connectivity index (χ1v) is 20.5. The molecule has 0 amide bonds. The molecule has 0 saturated carbocycles. The Hall–Kier alpha value is -7.87. The van der Waals surface area contributed by atoms with Gasteiger partial charge in [-0.15, -0.1) is 0 Å². The molecule has 0 N–H and O–H groups in total. The van der Waals surface area contributed by atoms with Gasteiger partial charge in [0.1, 0.15) is 0 Å². The van der Waals surface area contributed by atoms with E-state index < -0.39 is 0 Å². The predicted octanol–water partition coefficient (Wildman–Crippen LogP) is 16.1. The molecule has 1 heterocycles. The summed E-state index contributed by atoms with van der Waals surface area (Å²) in [5, 5.41) is 0. The van der Waals surface area contributed by atoms with E-state index in [0.29, 0.717) is 0 Å². The summed E-state index contributed by atoms with van der Waals surface area (Å²) in [6, 6.07) is 87.2. The van der Waals surface area contributed by atoms with Crippen molar-refractivity contribution >= 4 is 0 Å². The Balaban J connectivity index is 1.04. The highest BCUT2D eigenvalue weighted by Crippen LogP contribution is 2.42. The van der Waals surface area contributed by atoms with E-state index in [2.05, 4.69) is 243 Å². The topological polar surface area (TPSA) is 12.9 Å². The number of benzene rings is 9. The minimum atomic E-state index is 0.950. The summed E-state index contributed by atoms with van der Waals surface area (Å²) in [5.74, 6) is 0. The van der Waals surface area contributed by atoms with Crippen LogP contribution >= 0.6 is 0 Å². The number of hydrogen-bond acceptors (Lipinski definition) is 1. The quantitative estimate of drug-likeness (QED) is 0.143. The molecule has 60 heavy (non-hydrogen) atoms. The molecule has 1 heteroatoms. The van der Waals surface area contributed by atoms with Gasteiger partial charge in [-0.25, -0.2) is 0 Å². The molecule has 0 saturated heterocycles. The van der Waals surface area contributed by atoms with Crippen molar-refractivity contribution in [3.8, 4) is 100 Å². The molecule has 282 valence electrons. The summed E-state index contributed by atoms with van der Waals surface area (Å²) >= 11 is 0. The van der Waals surface area contributed by atoms with E-state index in [1.54, 1.807) is 0 Å². The van der Waals surface area contributed by atoms with Crippen LogP contribution in [0.4, 0.5) is 0 Å². The second-order valence-electron chi connectivity index (χ2n) is 15.1. The van der Waals surface area contributed by atoms with Crippen LogP contribution < -0.4 is 0 Å². The first-order chi connectivity index (χ1) is 29.7. The summed E-state index contributed by atoms with van der Waals surface area (Å²) in [5.41, 5.74) is 21.0. The maximum atomic E-state index is 4.80. The summed E-state index contributed by atoms with van der Waals surface area (Å²) in [6.45, 7) is 0. The van der Waals surface area contributed by atoms with Crippen molar-refractivity contribution in [1.29, 1.82) is 0 Å². The first-order valence-electron chi connectivity index (χ1n) is 20.5. The van der Waals surface area contributed by atoms with Crippen molar-refractivity contribution in [3.63, 3.8) is 0 Å². The minimum absolute atomic E-state index is 0.950. The van der Waals surface area contributed by atoms with E-state index in [1.165, 1.54) is 77.9 Å². The van der Waals surface area contributed by atoms with Gasteiger partial charge in [0.15, 0.2) is 0 Å². The lowest BCUT2D eigenvalue weighted by molar-refractivity contribution is 1.33. The normalized spacial score (nSPS) is 11.0. The van der Waals surface area contributed by atoms with Crippen LogP contribution in [0, 0.1) is 0 Å². The molecule has 0 spiro atoms. The van der Waals surface area contributed by atoms with Gasteiger partial charge >= 0.3 is 0 Å². The smallest absolute Gasteiger partial charge is 0.0708 e. The van der Waals surface area contributed by atoms with Crippen LogP contribution in [0.15, 0.2) is 249 Å². The molecule has 0 aliphatic rings. The van der Waals surface area contributed by atoms with Gasteiger partial charge < -0.3 is 0 Å². The van der Waals surface area contributed by atoms with E-state index in [4.69, 9.17) is 4.98 Å². The average Bonchev–Trinajstić information content (AvgIpc) is 3.35. The molecule has 0 unspecified atom stereocenters.